The minimum absolute atomic E-state index is 0.0636. The first-order valence-electron chi connectivity index (χ1n) is 5.73. The molecule has 3 heteroatoms. The summed E-state index contributed by atoms with van der Waals surface area (Å²) in [5, 5.41) is 3.23. The number of nitrogens with one attached hydrogen (secondary N) is 1. The van der Waals surface area contributed by atoms with E-state index in [1.807, 2.05) is 0 Å². The van der Waals surface area contributed by atoms with Crippen LogP contribution in [0.15, 0.2) is 0 Å². The lowest BCUT2D eigenvalue weighted by Crippen LogP contribution is -2.42. The third kappa shape index (κ3) is 3.54. The Morgan fingerprint density at radius 3 is 2.64 bits per heavy atom. The van der Waals surface area contributed by atoms with Crippen molar-refractivity contribution in [3.63, 3.8) is 0 Å². The number of nitrogens with zero attached hydrogens (tertiary/aromatic N) is 1. The molecule has 84 valence electrons. The molecule has 0 aliphatic carbocycles. The highest BCUT2D eigenvalue weighted by molar-refractivity contribution is 4.86. The van der Waals surface area contributed by atoms with E-state index in [0.717, 1.165) is 26.2 Å². The number of hydrogen-bond acceptors (Lipinski definition) is 2. The minimum atomic E-state index is -0.642. The highest BCUT2D eigenvalue weighted by Gasteiger charge is 2.27. The summed E-state index contributed by atoms with van der Waals surface area (Å²) in [6.45, 7) is 10.3. The zero-order valence-corrected chi connectivity index (χ0v) is 9.59. The van der Waals surface area contributed by atoms with Crippen molar-refractivity contribution in [3.05, 3.63) is 0 Å². The van der Waals surface area contributed by atoms with Crippen molar-refractivity contribution in [2.24, 2.45) is 5.92 Å². The van der Waals surface area contributed by atoms with E-state index in [-0.39, 0.29) is 6.04 Å². The molecule has 1 aliphatic rings. The quantitative estimate of drug-likeness (QED) is 0.729. The van der Waals surface area contributed by atoms with Gasteiger partial charge >= 0.3 is 0 Å². The Kier molecular flexibility index (Phi) is 4.82. The van der Waals surface area contributed by atoms with Crippen molar-refractivity contribution in [2.45, 2.75) is 39.4 Å². The van der Waals surface area contributed by atoms with Crippen molar-refractivity contribution in [2.75, 3.05) is 26.2 Å². The van der Waals surface area contributed by atoms with E-state index in [4.69, 9.17) is 0 Å². The van der Waals surface area contributed by atoms with Crippen LogP contribution in [0, 0.1) is 5.92 Å². The lowest BCUT2D eigenvalue weighted by Gasteiger charge is -2.26. The summed E-state index contributed by atoms with van der Waals surface area (Å²) in [7, 11) is 0. The second-order valence-electron chi connectivity index (χ2n) is 4.61. The molecule has 0 bridgehead atoms. The van der Waals surface area contributed by atoms with Crippen LogP contribution < -0.4 is 5.32 Å². The lowest BCUT2D eigenvalue weighted by molar-refractivity contribution is 0.195. The first-order valence-corrected chi connectivity index (χ1v) is 5.73. The van der Waals surface area contributed by atoms with Crippen LogP contribution >= 0.6 is 0 Å². The SMILES string of the molecule is CCN(CC(C)C)CC1NCCC1F. The molecule has 0 saturated carbocycles. The summed E-state index contributed by atoms with van der Waals surface area (Å²) in [6.07, 6.45) is 0.0420. The third-order valence-electron chi connectivity index (χ3n) is 2.79. The van der Waals surface area contributed by atoms with E-state index in [1.165, 1.54) is 0 Å². The molecule has 2 atom stereocenters. The summed E-state index contributed by atoms with van der Waals surface area (Å²) in [4.78, 5) is 2.33. The maximum atomic E-state index is 13.3. The van der Waals surface area contributed by atoms with Gasteiger partial charge in [-0.2, -0.15) is 0 Å². The summed E-state index contributed by atoms with van der Waals surface area (Å²) < 4.78 is 13.3. The number of halogens is 1. The van der Waals surface area contributed by atoms with Gasteiger partial charge in [0.25, 0.3) is 0 Å². The third-order valence-corrected chi connectivity index (χ3v) is 2.79. The minimum Gasteiger partial charge on any atom is -0.310 e. The van der Waals surface area contributed by atoms with E-state index in [2.05, 4.69) is 31.0 Å². The first kappa shape index (κ1) is 11.9. The second-order valence-corrected chi connectivity index (χ2v) is 4.61. The fourth-order valence-electron chi connectivity index (χ4n) is 2.04. The predicted molar refractivity (Wildman–Crippen MR) is 58.3 cm³/mol. The van der Waals surface area contributed by atoms with Gasteiger partial charge in [-0.1, -0.05) is 20.8 Å². The zero-order valence-electron chi connectivity index (χ0n) is 9.59. The molecule has 1 fully saturated rings. The molecular weight excluding hydrogens is 179 g/mol. The van der Waals surface area contributed by atoms with Gasteiger partial charge in [0.15, 0.2) is 0 Å². The van der Waals surface area contributed by atoms with Gasteiger partial charge in [0, 0.05) is 13.1 Å². The average molecular weight is 202 g/mol. The number of alkyl halides is 1. The van der Waals surface area contributed by atoms with E-state index < -0.39 is 6.17 Å². The molecule has 0 amide bonds. The smallest absolute Gasteiger partial charge is 0.118 e. The molecule has 1 heterocycles. The molecule has 14 heavy (non-hydrogen) atoms. The van der Waals surface area contributed by atoms with Gasteiger partial charge in [0.05, 0.1) is 6.04 Å². The summed E-state index contributed by atoms with van der Waals surface area (Å²) in [5.41, 5.74) is 0. The second kappa shape index (κ2) is 5.66. The van der Waals surface area contributed by atoms with Gasteiger partial charge < -0.3 is 10.2 Å². The molecule has 0 aromatic carbocycles. The Labute approximate surface area is 86.9 Å². The molecule has 1 rings (SSSR count). The standard InChI is InChI=1S/C11H23FN2/c1-4-14(7-9(2)3)8-11-10(12)5-6-13-11/h9-11,13H,4-8H2,1-3H3. The summed E-state index contributed by atoms with van der Waals surface area (Å²) >= 11 is 0. The molecule has 0 spiro atoms. The van der Waals surface area contributed by atoms with Crippen molar-refractivity contribution in [1.82, 2.24) is 10.2 Å². The number of rotatable bonds is 5. The van der Waals surface area contributed by atoms with Crippen molar-refractivity contribution in [3.8, 4) is 0 Å². The van der Waals surface area contributed by atoms with Crippen LogP contribution in [-0.4, -0.2) is 43.3 Å². The van der Waals surface area contributed by atoms with Gasteiger partial charge in [0.1, 0.15) is 6.17 Å². The highest BCUT2D eigenvalue weighted by Crippen LogP contribution is 2.12. The monoisotopic (exact) mass is 202 g/mol. The van der Waals surface area contributed by atoms with Gasteiger partial charge in [0.2, 0.25) is 0 Å². The van der Waals surface area contributed by atoms with E-state index >= 15 is 0 Å². The Hall–Kier alpha value is -0.150. The Morgan fingerprint density at radius 1 is 1.50 bits per heavy atom. The van der Waals surface area contributed by atoms with Crippen LogP contribution in [0.1, 0.15) is 27.2 Å². The predicted octanol–water partition coefficient (Wildman–Crippen LogP) is 1.66. The maximum absolute atomic E-state index is 13.3. The fourth-order valence-corrected chi connectivity index (χ4v) is 2.04. The zero-order chi connectivity index (χ0) is 10.6. The van der Waals surface area contributed by atoms with E-state index in [1.54, 1.807) is 0 Å². The lowest BCUT2D eigenvalue weighted by atomic mass is 10.1. The van der Waals surface area contributed by atoms with Gasteiger partial charge in [-0.15, -0.1) is 0 Å². The van der Waals surface area contributed by atoms with Crippen molar-refractivity contribution in [1.29, 1.82) is 0 Å². The molecule has 0 radical (unpaired) electrons. The van der Waals surface area contributed by atoms with Gasteiger partial charge in [-0.05, 0) is 25.4 Å². The van der Waals surface area contributed by atoms with Crippen LogP contribution in [0.5, 0.6) is 0 Å². The van der Waals surface area contributed by atoms with Crippen LogP contribution in [0.4, 0.5) is 4.39 Å². The molecular formula is C11H23FN2. The number of likely N-dealkylation sites (N-methyl/N-ethyl adjacent to an activating group) is 1. The maximum Gasteiger partial charge on any atom is 0.118 e. The Bertz CT molecular complexity index is 161. The summed E-state index contributed by atoms with van der Waals surface area (Å²) in [5.74, 6) is 0.661. The first-order chi connectivity index (χ1) is 6.63. The van der Waals surface area contributed by atoms with Gasteiger partial charge in [-0.3, -0.25) is 0 Å². The van der Waals surface area contributed by atoms with Crippen LogP contribution in [0.25, 0.3) is 0 Å². The van der Waals surface area contributed by atoms with Crippen LogP contribution in [0.3, 0.4) is 0 Å². The Morgan fingerprint density at radius 2 is 2.21 bits per heavy atom. The molecule has 1 saturated heterocycles. The molecule has 1 N–H and O–H groups in total. The fraction of sp³-hybridized carbons (Fsp3) is 1.00. The Balaban J connectivity index is 2.31. The van der Waals surface area contributed by atoms with Gasteiger partial charge in [-0.25, -0.2) is 4.39 Å². The number of hydrogen-bond donors (Lipinski definition) is 1. The largest absolute Gasteiger partial charge is 0.310 e. The molecule has 1 aliphatic heterocycles. The molecule has 2 unspecified atom stereocenters. The highest BCUT2D eigenvalue weighted by atomic mass is 19.1. The van der Waals surface area contributed by atoms with E-state index in [9.17, 15) is 4.39 Å². The van der Waals surface area contributed by atoms with Crippen LogP contribution in [-0.2, 0) is 0 Å². The molecule has 0 aromatic rings. The van der Waals surface area contributed by atoms with Crippen molar-refractivity contribution < 1.29 is 4.39 Å². The molecule has 0 aromatic heterocycles. The normalized spacial score (nSPS) is 27.9. The molecule has 2 nitrogen and oxygen atoms in total. The average Bonchev–Trinajstić information content (AvgIpc) is 2.50. The topological polar surface area (TPSA) is 15.3 Å². The van der Waals surface area contributed by atoms with E-state index in [0.29, 0.717) is 12.3 Å². The van der Waals surface area contributed by atoms with Crippen molar-refractivity contribution >= 4 is 0 Å². The summed E-state index contributed by atoms with van der Waals surface area (Å²) in [6, 6.07) is 0.0636. The van der Waals surface area contributed by atoms with Crippen LogP contribution in [0.2, 0.25) is 0 Å².